The summed E-state index contributed by atoms with van der Waals surface area (Å²) in [4.78, 5) is 0. The zero-order valence-corrected chi connectivity index (χ0v) is 16.4. The predicted octanol–water partition coefficient (Wildman–Crippen LogP) is 6.85. The van der Waals surface area contributed by atoms with Gasteiger partial charge in [0.2, 0.25) is 0 Å². The molecule has 27 heavy (non-hydrogen) atoms. The fourth-order valence-corrected chi connectivity index (χ4v) is 5.61. The van der Waals surface area contributed by atoms with Crippen molar-refractivity contribution in [2.45, 2.75) is 37.2 Å². The molecule has 134 valence electrons. The molecule has 0 fully saturated rings. The van der Waals surface area contributed by atoms with E-state index in [1.54, 1.807) is 11.1 Å². The van der Waals surface area contributed by atoms with E-state index in [1.807, 2.05) is 11.8 Å². The lowest BCUT2D eigenvalue weighted by atomic mass is 9.80. The standard InChI is InChI=1S/C18H16.C8H8S/c1-3-7-15-13(5-1)9-11-18-16-8-4-2-6-14(16)10-12-17(15)18;1-2-4-8-6-9-5-7(8)3-1/h1-3,5-7,10,12H,4,8-9,11H2;1-4H,5-6H2. The summed E-state index contributed by atoms with van der Waals surface area (Å²) in [6.07, 6.45) is 9.42. The third-order valence-corrected chi connectivity index (χ3v) is 6.94. The molecule has 0 amide bonds. The van der Waals surface area contributed by atoms with Crippen molar-refractivity contribution in [2.75, 3.05) is 0 Å². The summed E-state index contributed by atoms with van der Waals surface area (Å²) in [5, 5.41) is 0. The Morgan fingerprint density at radius 1 is 0.593 bits per heavy atom. The van der Waals surface area contributed by atoms with Gasteiger partial charge in [0, 0.05) is 11.5 Å². The van der Waals surface area contributed by atoms with Crippen LogP contribution in [0.2, 0.25) is 0 Å². The predicted molar refractivity (Wildman–Crippen MR) is 118 cm³/mol. The zero-order valence-electron chi connectivity index (χ0n) is 15.6. The summed E-state index contributed by atoms with van der Waals surface area (Å²) in [6.45, 7) is 0. The van der Waals surface area contributed by atoms with Gasteiger partial charge < -0.3 is 0 Å². The van der Waals surface area contributed by atoms with Gasteiger partial charge >= 0.3 is 0 Å². The van der Waals surface area contributed by atoms with Crippen LogP contribution < -0.4 is 0 Å². The van der Waals surface area contributed by atoms with Crippen LogP contribution in [0.3, 0.4) is 0 Å². The maximum atomic E-state index is 2.32. The van der Waals surface area contributed by atoms with Gasteiger partial charge in [0.15, 0.2) is 0 Å². The summed E-state index contributed by atoms with van der Waals surface area (Å²) >= 11 is 2.00. The molecule has 0 bridgehead atoms. The Labute approximate surface area is 166 Å². The first-order valence-corrected chi connectivity index (χ1v) is 11.1. The van der Waals surface area contributed by atoms with Crippen LogP contribution in [-0.2, 0) is 30.8 Å². The highest BCUT2D eigenvalue weighted by atomic mass is 32.2. The Hall–Kier alpha value is -2.25. The molecule has 6 rings (SSSR count). The maximum Gasteiger partial charge on any atom is 0.0190 e. The summed E-state index contributed by atoms with van der Waals surface area (Å²) < 4.78 is 0. The van der Waals surface area contributed by atoms with E-state index in [2.05, 4.69) is 72.8 Å². The Kier molecular flexibility index (Phi) is 4.63. The molecule has 0 atom stereocenters. The molecule has 1 aliphatic heterocycles. The smallest absolute Gasteiger partial charge is 0.0190 e. The van der Waals surface area contributed by atoms with Crippen molar-refractivity contribution < 1.29 is 0 Å². The molecule has 1 heteroatoms. The number of aryl methyl sites for hydroxylation is 1. The van der Waals surface area contributed by atoms with Crippen LogP contribution in [-0.4, -0.2) is 0 Å². The van der Waals surface area contributed by atoms with Crippen LogP contribution in [0, 0.1) is 0 Å². The van der Waals surface area contributed by atoms with Crippen molar-refractivity contribution in [3.63, 3.8) is 0 Å². The molecule has 3 aromatic carbocycles. The average molecular weight is 369 g/mol. The Morgan fingerprint density at radius 3 is 2.15 bits per heavy atom. The molecule has 0 unspecified atom stereocenters. The first kappa shape index (κ1) is 16.9. The molecule has 3 aromatic rings. The van der Waals surface area contributed by atoms with Crippen LogP contribution >= 0.6 is 11.8 Å². The summed E-state index contributed by atoms with van der Waals surface area (Å²) in [7, 11) is 0. The van der Waals surface area contributed by atoms with Gasteiger partial charge in [-0.05, 0) is 70.2 Å². The number of allylic oxidation sites excluding steroid dienone is 1. The van der Waals surface area contributed by atoms with Crippen molar-refractivity contribution >= 4 is 17.8 Å². The highest BCUT2D eigenvalue weighted by molar-refractivity contribution is 7.98. The van der Waals surface area contributed by atoms with E-state index in [4.69, 9.17) is 0 Å². The van der Waals surface area contributed by atoms with Gasteiger partial charge in [0.05, 0.1) is 0 Å². The number of benzene rings is 3. The summed E-state index contributed by atoms with van der Waals surface area (Å²) in [6, 6.07) is 22.2. The molecule has 0 saturated heterocycles. The molecular formula is C26H24S. The van der Waals surface area contributed by atoms with Gasteiger partial charge in [-0.25, -0.2) is 0 Å². The third-order valence-electron chi connectivity index (χ3n) is 5.91. The monoisotopic (exact) mass is 368 g/mol. The van der Waals surface area contributed by atoms with Crippen molar-refractivity contribution in [1.82, 2.24) is 0 Å². The quantitative estimate of drug-likeness (QED) is 0.418. The number of fused-ring (bicyclic) bond motifs is 6. The minimum Gasteiger partial charge on any atom is -0.152 e. The fraction of sp³-hybridized carbons (Fsp3) is 0.231. The number of hydrogen-bond acceptors (Lipinski definition) is 1. The van der Waals surface area contributed by atoms with Crippen LogP contribution in [0.5, 0.6) is 0 Å². The topological polar surface area (TPSA) is 0 Å². The molecule has 1 heterocycles. The van der Waals surface area contributed by atoms with Crippen molar-refractivity contribution in [3.05, 3.63) is 100 Å². The molecule has 0 saturated carbocycles. The number of thioether (sulfide) groups is 1. The first-order valence-electron chi connectivity index (χ1n) is 9.94. The third kappa shape index (κ3) is 3.26. The Bertz CT molecular complexity index is 989. The summed E-state index contributed by atoms with van der Waals surface area (Å²) in [5.41, 5.74) is 12.2. The van der Waals surface area contributed by atoms with E-state index in [0.717, 1.165) is 0 Å². The lowest BCUT2D eigenvalue weighted by Crippen LogP contribution is -2.09. The second kappa shape index (κ2) is 7.40. The lowest BCUT2D eigenvalue weighted by Gasteiger charge is -2.25. The van der Waals surface area contributed by atoms with Crippen LogP contribution in [0.25, 0.3) is 17.2 Å². The van der Waals surface area contributed by atoms with Crippen molar-refractivity contribution in [3.8, 4) is 11.1 Å². The molecule has 0 spiro atoms. The minimum atomic E-state index is 1.20. The lowest BCUT2D eigenvalue weighted by molar-refractivity contribution is 0.887. The van der Waals surface area contributed by atoms with Crippen LogP contribution in [0.15, 0.2) is 66.7 Å². The first-order chi connectivity index (χ1) is 13.4. The van der Waals surface area contributed by atoms with Gasteiger partial charge in [-0.2, -0.15) is 11.8 Å². The second-order valence-corrected chi connectivity index (χ2v) is 8.50. The molecule has 0 N–H and O–H groups in total. The molecule has 0 aromatic heterocycles. The molecule has 3 aliphatic rings. The van der Waals surface area contributed by atoms with Crippen LogP contribution in [0.4, 0.5) is 0 Å². The van der Waals surface area contributed by atoms with Gasteiger partial charge in [-0.1, -0.05) is 72.8 Å². The molecule has 0 radical (unpaired) electrons. The van der Waals surface area contributed by atoms with Gasteiger partial charge in [0.1, 0.15) is 0 Å². The van der Waals surface area contributed by atoms with Crippen LogP contribution in [0.1, 0.15) is 39.8 Å². The largest absolute Gasteiger partial charge is 0.152 e. The fourth-order valence-electron chi connectivity index (χ4n) is 4.51. The van der Waals surface area contributed by atoms with Gasteiger partial charge in [0.25, 0.3) is 0 Å². The van der Waals surface area contributed by atoms with E-state index in [0.29, 0.717) is 0 Å². The van der Waals surface area contributed by atoms with E-state index in [9.17, 15) is 0 Å². The average Bonchev–Trinajstić information content (AvgIpc) is 3.23. The van der Waals surface area contributed by atoms with E-state index in [-0.39, 0.29) is 0 Å². The second-order valence-electron chi connectivity index (χ2n) is 7.52. The summed E-state index contributed by atoms with van der Waals surface area (Å²) in [5.74, 6) is 2.44. The highest BCUT2D eigenvalue weighted by Crippen LogP contribution is 2.38. The SMILES string of the molecule is C1=Cc2ccc3c(c2CC1)CCc1ccccc1-3.c1ccc2c(c1)CSC2. The van der Waals surface area contributed by atoms with E-state index >= 15 is 0 Å². The minimum absolute atomic E-state index is 1.20. The van der Waals surface area contributed by atoms with E-state index in [1.165, 1.54) is 70.6 Å². The van der Waals surface area contributed by atoms with Gasteiger partial charge in [-0.3, -0.25) is 0 Å². The maximum absolute atomic E-state index is 2.32. The zero-order chi connectivity index (χ0) is 18.1. The molecular weight excluding hydrogens is 344 g/mol. The normalized spacial score (nSPS) is 15.7. The van der Waals surface area contributed by atoms with Crippen molar-refractivity contribution in [1.29, 1.82) is 0 Å². The van der Waals surface area contributed by atoms with E-state index < -0.39 is 0 Å². The molecule has 2 aliphatic carbocycles. The van der Waals surface area contributed by atoms with Crippen molar-refractivity contribution in [2.24, 2.45) is 0 Å². The highest BCUT2D eigenvalue weighted by Gasteiger charge is 2.20. The van der Waals surface area contributed by atoms with Gasteiger partial charge in [-0.15, -0.1) is 0 Å². The number of hydrogen-bond donors (Lipinski definition) is 0. The Balaban J connectivity index is 0.000000149. The Morgan fingerprint density at radius 2 is 1.33 bits per heavy atom. The molecule has 0 nitrogen and oxygen atoms in total. The number of rotatable bonds is 0.